The summed E-state index contributed by atoms with van der Waals surface area (Å²) in [5.74, 6) is -4.09. The van der Waals surface area contributed by atoms with E-state index in [9.17, 15) is 22.7 Å². The van der Waals surface area contributed by atoms with Gasteiger partial charge in [-0.3, -0.25) is 0 Å². The number of aliphatic hydroxyl groups excluding tert-OH is 1. The topological polar surface area (TPSA) is 20.2 Å². The second kappa shape index (κ2) is 6.05. The van der Waals surface area contributed by atoms with Crippen LogP contribution in [-0.2, 0) is 12.8 Å². The first kappa shape index (κ1) is 14.5. The zero-order valence-corrected chi connectivity index (χ0v) is 10.4. The molecule has 0 amide bonds. The number of hydrogen-bond acceptors (Lipinski definition) is 1. The lowest BCUT2D eigenvalue weighted by atomic mass is 10.0. The second-order valence-electron chi connectivity index (χ2n) is 4.49. The highest BCUT2D eigenvalue weighted by Gasteiger charge is 2.16. The van der Waals surface area contributed by atoms with Gasteiger partial charge in [-0.25, -0.2) is 17.6 Å². The van der Waals surface area contributed by atoms with Crippen molar-refractivity contribution in [2.24, 2.45) is 0 Å². The molecule has 0 fully saturated rings. The molecule has 0 aliphatic heterocycles. The van der Waals surface area contributed by atoms with Crippen LogP contribution in [0, 0.1) is 23.3 Å². The summed E-state index contributed by atoms with van der Waals surface area (Å²) in [6.45, 7) is 0. The van der Waals surface area contributed by atoms with Gasteiger partial charge in [0.15, 0.2) is 23.3 Å². The van der Waals surface area contributed by atoms with Gasteiger partial charge >= 0.3 is 0 Å². The summed E-state index contributed by atoms with van der Waals surface area (Å²) in [7, 11) is 0. The lowest BCUT2D eigenvalue weighted by Gasteiger charge is -2.12. The molecule has 5 heteroatoms. The van der Waals surface area contributed by atoms with E-state index in [1.165, 1.54) is 24.3 Å². The predicted molar refractivity (Wildman–Crippen MR) is 66.1 cm³/mol. The molecule has 1 N–H and O–H groups in total. The van der Waals surface area contributed by atoms with Gasteiger partial charge in [0.1, 0.15) is 0 Å². The van der Waals surface area contributed by atoms with Crippen LogP contribution in [0.25, 0.3) is 0 Å². The van der Waals surface area contributed by atoms with Gasteiger partial charge in [-0.2, -0.15) is 0 Å². The third-order valence-electron chi connectivity index (χ3n) is 2.97. The lowest BCUT2D eigenvalue weighted by molar-refractivity contribution is 0.172. The monoisotopic (exact) mass is 284 g/mol. The minimum Gasteiger partial charge on any atom is -0.392 e. The highest BCUT2D eigenvalue weighted by molar-refractivity contribution is 5.22. The molecule has 0 aromatic heterocycles. The van der Waals surface area contributed by atoms with Gasteiger partial charge in [0.2, 0.25) is 0 Å². The van der Waals surface area contributed by atoms with Crippen LogP contribution in [0.2, 0.25) is 0 Å². The van der Waals surface area contributed by atoms with Gasteiger partial charge in [0, 0.05) is 12.8 Å². The summed E-state index contributed by atoms with van der Waals surface area (Å²) in [4.78, 5) is 0. The fraction of sp³-hybridized carbons (Fsp3) is 0.200. The van der Waals surface area contributed by atoms with Crippen molar-refractivity contribution in [1.82, 2.24) is 0 Å². The van der Waals surface area contributed by atoms with Crippen LogP contribution in [-0.4, -0.2) is 11.2 Å². The van der Waals surface area contributed by atoms with Gasteiger partial charge in [0.25, 0.3) is 0 Å². The first-order chi connectivity index (χ1) is 9.49. The van der Waals surface area contributed by atoms with E-state index in [1.807, 2.05) is 0 Å². The van der Waals surface area contributed by atoms with E-state index in [1.54, 1.807) is 0 Å². The molecule has 0 heterocycles. The molecule has 0 radical (unpaired) electrons. The molecule has 2 rings (SSSR count). The summed E-state index contributed by atoms with van der Waals surface area (Å²) >= 11 is 0. The third kappa shape index (κ3) is 3.17. The summed E-state index contributed by atoms with van der Waals surface area (Å²) in [6, 6.07) is 7.26. The minimum atomic E-state index is -1.14. The second-order valence-corrected chi connectivity index (χ2v) is 4.49. The van der Waals surface area contributed by atoms with Crippen molar-refractivity contribution in [2.75, 3.05) is 0 Å². The van der Waals surface area contributed by atoms with E-state index < -0.39 is 29.4 Å². The first-order valence-electron chi connectivity index (χ1n) is 6.03. The number of halogens is 4. The standard InChI is InChI=1S/C15H12F4O/c16-12-5-1-3-9(14(12)18)7-11(20)8-10-4-2-6-13(17)15(10)19/h1-6,11,20H,7-8H2. The van der Waals surface area contributed by atoms with Gasteiger partial charge in [-0.05, 0) is 23.3 Å². The molecule has 0 atom stereocenters. The Labute approximate surface area is 113 Å². The van der Waals surface area contributed by atoms with Gasteiger partial charge in [-0.1, -0.05) is 24.3 Å². The molecular weight excluding hydrogens is 272 g/mol. The van der Waals surface area contributed by atoms with Crippen molar-refractivity contribution >= 4 is 0 Å². The number of rotatable bonds is 4. The smallest absolute Gasteiger partial charge is 0.162 e. The highest BCUT2D eigenvalue weighted by atomic mass is 19.2. The van der Waals surface area contributed by atoms with Crippen molar-refractivity contribution in [3.8, 4) is 0 Å². The van der Waals surface area contributed by atoms with Crippen LogP contribution in [0.15, 0.2) is 36.4 Å². The van der Waals surface area contributed by atoms with Crippen LogP contribution in [0.5, 0.6) is 0 Å². The van der Waals surface area contributed by atoms with Crippen LogP contribution >= 0.6 is 0 Å². The fourth-order valence-electron chi connectivity index (χ4n) is 1.99. The lowest BCUT2D eigenvalue weighted by Crippen LogP contribution is -2.16. The maximum atomic E-state index is 13.4. The molecule has 0 saturated heterocycles. The Morgan fingerprint density at radius 3 is 1.55 bits per heavy atom. The zero-order chi connectivity index (χ0) is 14.7. The summed E-state index contributed by atoms with van der Waals surface area (Å²) in [5, 5.41) is 9.81. The van der Waals surface area contributed by atoms with Gasteiger partial charge in [0.05, 0.1) is 6.10 Å². The van der Waals surface area contributed by atoms with Crippen molar-refractivity contribution in [2.45, 2.75) is 18.9 Å². The van der Waals surface area contributed by atoms with E-state index in [4.69, 9.17) is 0 Å². The van der Waals surface area contributed by atoms with Crippen molar-refractivity contribution in [3.05, 3.63) is 70.8 Å². The Morgan fingerprint density at radius 2 is 1.15 bits per heavy atom. The van der Waals surface area contributed by atoms with Crippen molar-refractivity contribution in [1.29, 1.82) is 0 Å². The third-order valence-corrected chi connectivity index (χ3v) is 2.97. The SMILES string of the molecule is OC(Cc1cccc(F)c1F)Cc1cccc(F)c1F. The fourth-order valence-corrected chi connectivity index (χ4v) is 1.99. The normalized spacial score (nSPS) is 11.1. The average Bonchev–Trinajstić information content (AvgIpc) is 2.40. The summed E-state index contributed by atoms with van der Waals surface area (Å²) in [6.07, 6.45) is -1.50. The van der Waals surface area contributed by atoms with E-state index >= 15 is 0 Å². The zero-order valence-electron chi connectivity index (χ0n) is 10.4. The minimum absolute atomic E-state index is 0.00527. The van der Waals surface area contributed by atoms with Crippen LogP contribution in [0.4, 0.5) is 17.6 Å². The van der Waals surface area contributed by atoms with E-state index in [2.05, 4.69) is 0 Å². The van der Waals surface area contributed by atoms with Crippen molar-refractivity contribution in [3.63, 3.8) is 0 Å². The molecule has 2 aromatic carbocycles. The maximum Gasteiger partial charge on any atom is 0.162 e. The molecule has 0 unspecified atom stereocenters. The van der Waals surface area contributed by atoms with Crippen LogP contribution in [0.3, 0.4) is 0 Å². The summed E-state index contributed by atoms with van der Waals surface area (Å²) in [5.41, 5.74) is -0.0105. The molecule has 0 spiro atoms. The predicted octanol–water partition coefficient (Wildman–Crippen LogP) is 3.39. The molecule has 0 saturated carbocycles. The molecule has 0 aliphatic rings. The molecule has 106 valence electrons. The first-order valence-corrected chi connectivity index (χ1v) is 6.03. The Morgan fingerprint density at radius 1 is 0.750 bits per heavy atom. The highest BCUT2D eigenvalue weighted by Crippen LogP contribution is 2.17. The Bertz CT molecular complexity index is 559. The average molecular weight is 284 g/mol. The number of aliphatic hydroxyl groups is 1. The molecule has 20 heavy (non-hydrogen) atoms. The van der Waals surface area contributed by atoms with Crippen molar-refractivity contribution < 1.29 is 22.7 Å². The van der Waals surface area contributed by atoms with E-state index in [-0.39, 0.29) is 24.0 Å². The van der Waals surface area contributed by atoms with Gasteiger partial charge in [-0.15, -0.1) is 0 Å². The summed E-state index contributed by atoms with van der Waals surface area (Å²) < 4.78 is 52.9. The Hall–Kier alpha value is -1.88. The molecule has 2 aromatic rings. The number of hydrogen-bond donors (Lipinski definition) is 1. The Kier molecular flexibility index (Phi) is 4.39. The maximum absolute atomic E-state index is 13.4. The van der Waals surface area contributed by atoms with E-state index in [0.717, 1.165) is 12.1 Å². The quantitative estimate of drug-likeness (QED) is 0.853. The van der Waals surface area contributed by atoms with Crippen LogP contribution in [0.1, 0.15) is 11.1 Å². The van der Waals surface area contributed by atoms with E-state index in [0.29, 0.717) is 0 Å². The Balaban J connectivity index is 2.11. The van der Waals surface area contributed by atoms with Crippen LogP contribution < -0.4 is 0 Å². The molecule has 0 aliphatic carbocycles. The largest absolute Gasteiger partial charge is 0.392 e. The molecular formula is C15H12F4O. The van der Waals surface area contributed by atoms with Gasteiger partial charge < -0.3 is 5.11 Å². The molecule has 1 nitrogen and oxygen atoms in total. The number of benzene rings is 2. The molecule has 0 bridgehead atoms.